The van der Waals surface area contributed by atoms with Gasteiger partial charge in [0.15, 0.2) is 5.58 Å². The molecule has 208 valence electrons. The lowest BCUT2D eigenvalue weighted by atomic mass is 9.90. The van der Waals surface area contributed by atoms with Gasteiger partial charge in [0.1, 0.15) is 5.92 Å². The minimum absolute atomic E-state index is 0.269. The van der Waals surface area contributed by atoms with Crippen LogP contribution in [0.15, 0.2) is 74.9 Å². The number of rotatable bonds is 8. The topological polar surface area (TPSA) is 117 Å². The number of benzene rings is 3. The summed E-state index contributed by atoms with van der Waals surface area (Å²) >= 11 is 6.16. The van der Waals surface area contributed by atoms with Gasteiger partial charge in [-0.3, -0.25) is 18.7 Å². The van der Waals surface area contributed by atoms with Gasteiger partial charge in [0, 0.05) is 36.4 Å². The van der Waals surface area contributed by atoms with Crippen molar-refractivity contribution in [2.45, 2.75) is 5.92 Å². The van der Waals surface area contributed by atoms with E-state index in [1.165, 1.54) is 15.1 Å². The lowest BCUT2D eigenvalue weighted by Gasteiger charge is -2.24. The lowest BCUT2D eigenvalue weighted by Crippen LogP contribution is -2.35. The molecule has 1 unspecified atom stereocenters. The SMILES string of the molecule is CN(C)CCN(c1ccc(N=C(c2ccc3c(c2)oc(=O)n3C)C2C(=O)Nc3cc(Cl)ccc32)cc1)S(C)(=O)=O. The summed E-state index contributed by atoms with van der Waals surface area (Å²) in [4.78, 5) is 32.1. The van der Waals surface area contributed by atoms with Gasteiger partial charge in [-0.05, 0) is 68.2 Å². The van der Waals surface area contributed by atoms with Crippen molar-refractivity contribution in [2.24, 2.45) is 12.0 Å². The van der Waals surface area contributed by atoms with E-state index in [1.807, 2.05) is 19.0 Å². The van der Waals surface area contributed by atoms with E-state index >= 15 is 0 Å². The van der Waals surface area contributed by atoms with Crippen LogP contribution in [0, 0.1) is 0 Å². The molecule has 0 fully saturated rings. The van der Waals surface area contributed by atoms with E-state index in [0.717, 1.165) is 0 Å². The molecule has 4 aromatic rings. The molecule has 0 saturated heterocycles. The van der Waals surface area contributed by atoms with Crippen molar-refractivity contribution < 1.29 is 17.6 Å². The molecule has 1 N–H and O–H groups in total. The number of nitrogens with zero attached hydrogens (tertiary/aromatic N) is 4. The average Bonchev–Trinajstić information content (AvgIpc) is 3.36. The number of sulfonamides is 1. The van der Waals surface area contributed by atoms with Crippen LogP contribution in [-0.4, -0.2) is 62.9 Å². The molecule has 1 aromatic heterocycles. The Morgan fingerprint density at radius 1 is 1.05 bits per heavy atom. The lowest BCUT2D eigenvalue weighted by molar-refractivity contribution is -0.115. The molecule has 2 heterocycles. The van der Waals surface area contributed by atoms with E-state index < -0.39 is 21.7 Å². The third-order valence-electron chi connectivity index (χ3n) is 6.75. The first kappa shape index (κ1) is 27.6. The number of hydrogen-bond acceptors (Lipinski definition) is 7. The quantitative estimate of drug-likeness (QED) is 0.315. The van der Waals surface area contributed by atoms with Crippen LogP contribution in [-0.2, 0) is 21.9 Å². The summed E-state index contributed by atoms with van der Waals surface area (Å²) in [6, 6.07) is 17.2. The number of anilines is 2. The molecule has 1 atom stereocenters. The Kier molecular flexibility index (Phi) is 7.30. The van der Waals surface area contributed by atoms with Crippen molar-refractivity contribution >= 4 is 61.4 Å². The molecule has 0 radical (unpaired) electrons. The van der Waals surface area contributed by atoms with Crippen LogP contribution in [0.2, 0.25) is 5.02 Å². The van der Waals surface area contributed by atoms with Crippen molar-refractivity contribution in [3.8, 4) is 0 Å². The molecule has 1 aliphatic heterocycles. The normalized spacial score (nSPS) is 15.5. The van der Waals surface area contributed by atoms with Crippen LogP contribution >= 0.6 is 11.6 Å². The number of aromatic nitrogens is 1. The minimum Gasteiger partial charge on any atom is -0.408 e. The molecule has 0 saturated carbocycles. The number of halogens is 1. The maximum atomic E-state index is 13.3. The van der Waals surface area contributed by atoms with Gasteiger partial charge in [-0.2, -0.15) is 0 Å². The second-order valence-electron chi connectivity index (χ2n) is 9.92. The molecule has 1 aliphatic rings. The molecule has 0 aliphatic carbocycles. The summed E-state index contributed by atoms with van der Waals surface area (Å²) in [5, 5.41) is 3.37. The van der Waals surface area contributed by atoms with Gasteiger partial charge in [-0.1, -0.05) is 23.7 Å². The Morgan fingerprint density at radius 3 is 2.45 bits per heavy atom. The van der Waals surface area contributed by atoms with Crippen molar-refractivity contribution in [3.05, 3.63) is 87.4 Å². The molecular formula is C28H28ClN5O5S. The molecule has 3 aromatic carbocycles. The van der Waals surface area contributed by atoms with Crippen molar-refractivity contribution in [2.75, 3.05) is 43.1 Å². The van der Waals surface area contributed by atoms with E-state index in [0.29, 0.717) is 63.1 Å². The second-order valence-corrected chi connectivity index (χ2v) is 12.3. The van der Waals surface area contributed by atoms with Crippen molar-refractivity contribution in [3.63, 3.8) is 0 Å². The summed E-state index contributed by atoms with van der Waals surface area (Å²) in [5.41, 5.74) is 4.35. The molecule has 10 nitrogen and oxygen atoms in total. The molecule has 0 spiro atoms. The van der Waals surface area contributed by atoms with E-state index in [4.69, 9.17) is 21.0 Å². The maximum absolute atomic E-state index is 13.3. The molecule has 0 bridgehead atoms. The molecule has 40 heavy (non-hydrogen) atoms. The predicted octanol–water partition coefficient (Wildman–Crippen LogP) is 3.97. The zero-order valence-electron chi connectivity index (χ0n) is 22.4. The van der Waals surface area contributed by atoms with Gasteiger partial charge < -0.3 is 14.6 Å². The highest BCUT2D eigenvalue weighted by molar-refractivity contribution is 7.92. The first-order valence-electron chi connectivity index (χ1n) is 12.4. The number of hydrogen-bond donors (Lipinski definition) is 1. The van der Waals surface area contributed by atoms with E-state index in [1.54, 1.807) is 67.7 Å². The van der Waals surface area contributed by atoms with Gasteiger partial charge >= 0.3 is 5.76 Å². The number of likely N-dealkylation sites (N-methyl/N-ethyl adjacent to an activating group) is 1. The van der Waals surface area contributed by atoms with E-state index in [9.17, 15) is 18.0 Å². The Hall–Kier alpha value is -3.93. The second kappa shape index (κ2) is 10.6. The van der Waals surface area contributed by atoms with Crippen molar-refractivity contribution in [1.82, 2.24) is 9.47 Å². The molecule has 12 heteroatoms. The average molecular weight is 582 g/mol. The zero-order chi connectivity index (χ0) is 28.8. The Bertz CT molecular complexity index is 1810. The smallest absolute Gasteiger partial charge is 0.408 e. The fourth-order valence-corrected chi connectivity index (χ4v) is 5.79. The third kappa shape index (κ3) is 5.40. The number of aliphatic imine (C=N–C) groups is 1. The summed E-state index contributed by atoms with van der Waals surface area (Å²) in [7, 11) is 1.87. The number of aryl methyl sites for hydroxylation is 1. The van der Waals surface area contributed by atoms with Crippen LogP contribution in [0.5, 0.6) is 0 Å². The van der Waals surface area contributed by atoms with Crippen LogP contribution in [0.25, 0.3) is 11.1 Å². The van der Waals surface area contributed by atoms with E-state index in [-0.39, 0.29) is 5.91 Å². The molecule has 5 rings (SSSR count). The third-order valence-corrected chi connectivity index (χ3v) is 8.17. The van der Waals surface area contributed by atoms with Crippen LogP contribution in [0.3, 0.4) is 0 Å². The van der Waals surface area contributed by atoms with Gasteiger partial charge in [0.25, 0.3) is 0 Å². The van der Waals surface area contributed by atoms with E-state index in [2.05, 4.69) is 5.32 Å². The highest BCUT2D eigenvalue weighted by Crippen LogP contribution is 2.38. The molecule has 1 amide bonds. The number of carbonyl (C=O) groups excluding carboxylic acids is 1. The predicted molar refractivity (Wildman–Crippen MR) is 158 cm³/mol. The number of amides is 1. The van der Waals surface area contributed by atoms with Gasteiger partial charge in [-0.25, -0.2) is 13.2 Å². The Labute approximate surface area is 236 Å². The fraction of sp³-hybridized carbons (Fsp3) is 0.250. The van der Waals surface area contributed by atoms with Crippen molar-refractivity contribution in [1.29, 1.82) is 0 Å². The Balaban J connectivity index is 1.61. The molecular weight excluding hydrogens is 554 g/mol. The van der Waals surface area contributed by atoms with Gasteiger partial charge in [-0.15, -0.1) is 0 Å². The number of oxazole rings is 1. The summed E-state index contributed by atoms with van der Waals surface area (Å²) in [6.45, 7) is 0.846. The van der Waals surface area contributed by atoms with Crippen LogP contribution < -0.4 is 15.4 Å². The summed E-state index contributed by atoms with van der Waals surface area (Å²) < 4.78 is 33.1. The number of carbonyl (C=O) groups is 1. The summed E-state index contributed by atoms with van der Waals surface area (Å²) in [6.07, 6.45) is 1.17. The van der Waals surface area contributed by atoms with Gasteiger partial charge in [0.2, 0.25) is 15.9 Å². The minimum atomic E-state index is -3.50. The fourth-order valence-electron chi connectivity index (χ4n) is 4.70. The van der Waals surface area contributed by atoms with Crippen LogP contribution in [0.1, 0.15) is 17.0 Å². The van der Waals surface area contributed by atoms with Crippen LogP contribution in [0.4, 0.5) is 17.1 Å². The maximum Gasteiger partial charge on any atom is 0.419 e. The number of fused-ring (bicyclic) bond motifs is 2. The Morgan fingerprint density at radius 2 is 1.77 bits per heavy atom. The standard InChI is InChI=1S/C28H28ClN5O5S/c1-32(2)13-14-34(40(4,37)38)20-9-7-19(8-10-20)30-26(17-5-12-23-24(15-17)39-28(36)33(23)3)25-21-11-6-18(29)16-22(21)31-27(25)35/h5-12,15-16,25H,13-14H2,1-4H3,(H,31,35). The first-order valence-corrected chi connectivity index (χ1v) is 14.7. The zero-order valence-corrected chi connectivity index (χ0v) is 24.0. The monoisotopic (exact) mass is 581 g/mol. The largest absolute Gasteiger partial charge is 0.419 e. The highest BCUT2D eigenvalue weighted by atomic mass is 35.5. The number of nitrogens with one attached hydrogen (secondary N) is 1. The summed E-state index contributed by atoms with van der Waals surface area (Å²) in [5.74, 6) is -1.52. The first-order chi connectivity index (χ1) is 18.9. The highest BCUT2D eigenvalue weighted by Gasteiger charge is 2.36. The van der Waals surface area contributed by atoms with Gasteiger partial charge in [0.05, 0.1) is 28.9 Å².